The van der Waals surface area contributed by atoms with E-state index in [1.54, 1.807) is 6.07 Å². The summed E-state index contributed by atoms with van der Waals surface area (Å²) in [6, 6.07) is 5.50. The van der Waals surface area contributed by atoms with Gasteiger partial charge in [-0.15, -0.1) is 11.3 Å². The van der Waals surface area contributed by atoms with Crippen LogP contribution in [0.25, 0.3) is 0 Å². The van der Waals surface area contributed by atoms with Crippen LogP contribution in [0.4, 0.5) is 29.2 Å². The summed E-state index contributed by atoms with van der Waals surface area (Å²) >= 11 is 0.688. The number of rotatable bonds is 7. The molecule has 4 rings (SSSR count). The molecule has 1 aromatic carbocycles. The van der Waals surface area contributed by atoms with E-state index in [-0.39, 0.29) is 18.3 Å². The van der Waals surface area contributed by atoms with Crippen molar-refractivity contribution in [3.63, 3.8) is 0 Å². The van der Waals surface area contributed by atoms with Gasteiger partial charge in [-0.05, 0) is 43.0 Å². The highest BCUT2D eigenvalue weighted by atomic mass is 32.1. The van der Waals surface area contributed by atoms with E-state index >= 15 is 0 Å². The average molecular weight is 468 g/mol. The van der Waals surface area contributed by atoms with Crippen molar-refractivity contribution >= 4 is 23.0 Å². The minimum atomic E-state index is -5.05. The highest BCUT2D eigenvalue weighted by Gasteiger charge is 2.56. The SMILES string of the molecule is Cc1cc(Cc2cnc(C(O)(CO)C(F)(F)F)s2)cc(Nc2ncc(F)c(C3CC3)n2)c1. The van der Waals surface area contributed by atoms with E-state index < -0.39 is 29.2 Å². The van der Waals surface area contributed by atoms with Crippen LogP contribution in [0.5, 0.6) is 0 Å². The van der Waals surface area contributed by atoms with E-state index in [0.29, 0.717) is 27.6 Å². The third kappa shape index (κ3) is 4.59. The highest BCUT2D eigenvalue weighted by Crippen LogP contribution is 2.41. The molecule has 0 bridgehead atoms. The normalized spacial score (nSPS) is 16.1. The molecular formula is C21H20F4N4O2S. The molecule has 0 radical (unpaired) electrons. The van der Waals surface area contributed by atoms with Gasteiger partial charge in [-0.2, -0.15) is 13.2 Å². The van der Waals surface area contributed by atoms with Crippen molar-refractivity contribution in [3.05, 3.63) is 63.1 Å². The van der Waals surface area contributed by atoms with Crippen molar-refractivity contribution < 1.29 is 27.8 Å². The Morgan fingerprint density at radius 1 is 1.16 bits per heavy atom. The molecule has 0 saturated heterocycles. The Kier molecular flexibility index (Phi) is 5.91. The van der Waals surface area contributed by atoms with Crippen LogP contribution in [0.1, 0.15) is 45.5 Å². The average Bonchev–Trinajstić information content (AvgIpc) is 3.46. The number of aliphatic hydroxyl groups excluding tert-OH is 1. The molecule has 0 spiro atoms. The van der Waals surface area contributed by atoms with Crippen molar-refractivity contribution in [1.82, 2.24) is 15.0 Å². The van der Waals surface area contributed by atoms with Crippen LogP contribution in [0.3, 0.4) is 0 Å². The largest absolute Gasteiger partial charge is 0.426 e. The number of halogens is 4. The van der Waals surface area contributed by atoms with Gasteiger partial charge < -0.3 is 15.5 Å². The van der Waals surface area contributed by atoms with E-state index in [9.17, 15) is 22.7 Å². The lowest BCUT2D eigenvalue weighted by Crippen LogP contribution is -2.45. The van der Waals surface area contributed by atoms with Gasteiger partial charge in [0, 0.05) is 29.1 Å². The minimum absolute atomic E-state index is 0.126. The number of hydrogen-bond acceptors (Lipinski definition) is 7. The lowest BCUT2D eigenvalue weighted by Gasteiger charge is -2.25. The molecule has 1 aliphatic rings. The zero-order valence-corrected chi connectivity index (χ0v) is 17.8. The fourth-order valence-electron chi connectivity index (χ4n) is 3.31. The van der Waals surface area contributed by atoms with Gasteiger partial charge in [0.15, 0.2) is 5.82 Å². The molecule has 1 aliphatic carbocycles. The van der Waals surface area contributed by atoms with Crippen LogP contribution in [-0.2, 0) is 12.0 Å². The third-order valence-electron chi connectivity index (χ3n) is 5.11. The first-order valence-corrected chi connectivity index (χ1v) is 10.7. The molecule has 1 saturated carbocycles. The Morgan fingerprint density at radius 2 is 1.91 bits per heavy atom. The second-order valence-electron chi connectivity index (χ2n) is 7.86. The first-order valence-electron chi connectivity index (χ1n) is 9.84. The standard InChI is InChI=1S/C21H20F4N4O2S/c1-11-4-12(7-15-8-26-18(32-15)20(31,10-30)21(23,24)25)6-14(5-11)28-19-27-9-16(22)17(29-19)13-2-3-13/h4-6,8-9,13,30-31H,2-3,7,10H2,1H3,(H,27,28,29). The maximum Gasteiger partial charge on any atom is 0.426 e. The quantitative estimate of drug-likeness (QED) is 0.447. The van der Waals surface area contributed by atoms with Gasteiger partial charge in [0.05, 0.1) is 18.5 Å². The summed E-state index contributed by atoms with van der Waals surface area (Å²) in [5.74, 6) is -0.0322. The number of aryl methyl sites for hydroxylation is 1. The lowest BCUT2D eigenvalue weighted by atomic mass is 10.1. The number of benzene rings is 1. The van der Waals surface area contributed by atoms with Crippen molar-refractivity contribution in [2.45, 2.75) is 43.9 Å². The molecule has 11 heteroatoms. The maximum absolute atomic E-state index is 13.9. The molecule has 1 unspecified atom stereocenters. The summed E-state index contributed by atoms with van der Waals surface area (Å²) in [5.41, 5.74) is -0.670. The van der Waals surface area contributed by atoms with Crippen molar-refractivity contribution in [2.75, 3.05) is 11.9 Å². The first kappa shape index (κ1) is 22.6. The highest BCUT2D eigenvalue weighted by molar-refractivity contribution is 7.11. The van der Waals surface area contributed by atoms with Crippen LogP contribution in [-0.4, -0.2) is 37.9 Å². The molecule has 0 aliphatic heterocycles. The number of thiazole rings is 1. The molecule has 1 fully saturated rings. The Balaban J connectivity index is 1.54. The number of hydrogen-bond donors (Lipinski definition) is 3. The summed E-state index contributed by atoms with van der Waals surface area (Å²) in [5, 5.41) is 21.4. The number of anilines is 2. The zero-order chi connectivity index (χ0) is 23.1. The number of nitrogens with one attached hydrogen (secondary N) is 1. The third-order valence-corrected chi connectivity index (χ3v) is 6.26. The Bertz CT molecular complexity index is 1130. The van der Waals surface area contributed by atoms with E-state index in [1.807, 2.05) is 19.1 Å². The maximum atomic E-state index is 13.9. The molecule has 1 atom stereocenters. The molecule has 6 nitrogen and oxygen atoms in total. The van der Waals surface area contributed by atoms with Crippen LogP contribution in [0.2, 0.25) is 0 Å². The molecule has 2 heterocycles. The van der Waals surface area contributed by atoms with Crippen LogP contribution < -0.4 is 5.32 Å². The summed E-state index contributed by atoms with van der Waals surface area (Å²) in [4.78, 5) is 12.4. The Hall–Kier alpha value is -2.63. The number of nitrogens with zero attached hydrogens (tertiary/aromatic N) is 3. The van der Waals surface area contributed by atoms with E-state index in [2.05, 4.69) is 20.3 Å². The predicted octanol–water partition coefficient (Wildman–Crippen LogP) is 4.33. The van der Waals surface area contributed by atoms with Crippen molar-refractivity contribution in [3.8, 4) is 0 Å². The van der Waals surface area contributed by atoms with Gasteiger partial charge in [-0.25, -0.2) is 19.3 Å². The molecule has 2 aromatic heterocycles. The van der Waals surface area contributed by atoms with Gasteiger partial charge in [-0.3, -0.25) is 0 Å². The van der Waals surface area contributed by atoms with Gasteiger partial charge in [0.1, 0.15) is 5.01 Å². The van der Waals surface area contributed by atoms with E-state index in [0.717, 1.165) is 30.2 Å². The lowest BCUT2D eigenvalue weighted by molar-refractivity contribution is -0.277. The fourth-order valence-corrected chi connectivity index (χ4v) is 4.36. The predicted molar refractivity (Wildman–Crippen MR) is 110 cm³/mol. The van der Waals surface area contributed by atoms with Crippen LogP contribution >= 0.6 is 11.3 Å². The van der Waals surface area contributed by atoms with Gasteiger partial charge in [0.25, 0.3) is 0 Å². The summed E-state index contributed by atoms with van der Waals surface area (Å²) in [7, 11) is 0. The number of alkyl halides is 3. The second-order valence-corrected chi connectivity index (χ2v) is 8.97. The van der Waals surface area contributed by atoms with Gasteiger partial charge in [0.2, 0.25) is 11.5 Å². The minimum Gasteiger partial charge on any atom is -0.393 e. The van der Waals surface area contributed by atoms with Gasteiger partial charge in [-0.1, -0.05) is 6.07 Å². The van der Waals surface area contributed by atoms with E-state index in [4.69, 9.17) is 5.11 Å². The first-order chi connectivity index (χ1) is 15.1. The van der Waals surface area contributed by atoms with Crippen molar-refractivity contribution in [1.29, 1.82) is 0 Å². The monoisotopic (exact) mass is 468 g/mol. The summed E-state index contributed by atoms with van der Waals surface area (Å²) in [6.45, 7) is 0.352. The molecule has 3 N–H and O–H groups in total. The molecule has 0 amide bonds. The second kappa shape index (κ2) is 8.38. The molecule has 170 valence electrons. The molecular weight excluding hydrogens is 448 g/mol. The summed E-state index contributed by atoms with van der Waals surface area (Å²) in [6.07, 6.45) is -0.581. The number of aromatic nitrogens is 3. The van der Waals surface area contributed by atoms with Crippen LogP contribution in [0.15, 0.2) is 30.6 Å². The summed E-state index contributed by atoms with van der Waals surface area (Å²) < 4.78 is 53.4. The number of aliphatic hydroxyl groups is 2. The Labute approximate surface area is 185 Å². The smallest absolute Gasteiger partial charge is 0.393 e. The molecule has 32 heavy (non-hydrogen) atoms. The fraction of sp³-hybridized carbons (Fsp3) is 0.381. The van der Waals surface area contributed by atoms with Crippen molar-refractivity contribution in [2.24, 2.45) is 0 Å². The zero-order valence-electron chi connectivity index (χ0n) is 16.9. The Morgan fingerprint density at radius 3 is 2.56 bits per heavy atom. The molecule has 3 aromatic rings. The van der Waals surface area contributed by atoms with Crippen LogP contribution in [0, 0.1) is 12.7 Å². The topological polar surface area (TPSA) is 91.2 Å². The van der Waals surface area contributed by atoms with Gasteiger partial charge >= 0.3 is 6.18 Å². The van der Waals surface area contributed by atoms with E-state index in [1.165, 1.54) is 6.20 Å².